The van der Waals surface area contributed by atoms with Crippen molar-refractivity contribution < 1.29 is 30.8 Å². The molecular weight excluding hydrogens is 381 g/mol. The van der Waals surface area contributed by atoms with Gasteiger partial charge in [-0.1, -0.05) is 12.1 Å². The van der Waals surface area contributed by atoms with Crippen LogP contribution in [0.15, 0.2) is 58.3 Å². The normalized spacial score (nSPS) is 13.4. The molecule has 10 heteroatoms. The van der Waals surface area contributed by atoms with E-state index in [1.165, 1.54) is 36.4 Å². The molecule has 0 aromatic heterocycles. The van der Waals surface area contributed by atoms with E-state index in [0.717, 1.165) is 12.1 Å². The second-order valence-corrected chi connectivity index (χ2v) is 8.08. The molecule has 2 atom stereocenters. The number of hydrogen-bond acceptors (Lipinski definition) is 5. The van der Waals surface area contributed by atoms with Crippen LogP contribution >= 0.6 is 8.25 Å². The molecule has 0 aliphatic heterocycles. The minimum atomic E-state index is -2.67. The zero-order valence-electron chi connectivity index (χ0n) is 12.1. The van der Waals surface area contributed by atoms with Crippen LogP contribution in [0.1, 0.15) is 0 Å². The monoisotopic (exact) mass is 393 g/mol. The molecule has 0 N–H and O–H groups in total. The quantitative estimate of drug-likeness (QED) is 0.643. The molecule has 0 spiro atoms. The first-order valence-corrected chi connectivity index (χ1v) is 10.2. The Balaban J connectivity index is 1.79. The molecule has 0 aliphatic rings. The summed E-state index contributed by atoms with van der Waals surface area (Å²) in [6.45, 7) is 0. The predicted octanol–water partition coefficient (Wildman–Crippen LogP) is 3.49. The van der Waals surface area contributed by atoms with E-state index in [9.17, 15) is 21.8 Å². The number of halogens is 2. The van der Waals surface area contributed by atoms with E-state index in [1.807, 2.05) is 0 Å². The molecule has 0 amide bonds. The van der Waals surface area contributed by atoms with Gasteiger partial charge in [0, 0.05) is 14.4 Å². The van der Waals surface area contributed by atoms with E-state index in [-0.39, 0.29) is 9.79 Å². The van der Waals surface area contributed by atoms with Crippen molar-refractivity contribution in [3.05, 3.63) is 60.2 Å². The molecule has 0 bridgehead atoms. The second kappa shape index (κ2) is 9.19. The first-order chi connectivity index (χ1) is 11.5. The van der Waals surface area contributed by atoms with Crippen LogP contribution in [0.3, 0.4) is 0 Å². The molecule has 0 heterocycles. The van der Waals surface area contributed by atoms with Gasteiger partial charge in [-0.3, -0.25) is 8.42 Å². The number of rotatable bonds is 8. The summed E-state index contributed by atoms with van der Waals surface area (Å²) in [4.78, 5) is 0.364. The summed E-state index contributed by atoms with van der Waals surface area (Å²) in [6, 6.07) is 10.2. The summed E-state index contributed by atoms with van der Waals surface area (Å²) in [5, 5.41) is 0. The van der Waals surface area contributed by atoms with E-state index in [1.54, 1.807) is 0 Å². The Morgan fingerprint density at radius 3 is 1.62 bits per heavy atom. The Kier molecular flexibility index (Phi) is 7.26. The molecule has 0 unspecified atom stereocenters. The van der Waals surface area contributed by atoms with Crippen molar-refractivity contribution >= 4 is 29.9 Å². The zero-order valence-corrected chi connectivity index (χ0v) is 14.6. The van der Waals surface area contributed by atoms with Crippen LogP contribution in [0.4, 0.5) is 8.78 Å². The van der Waals surface area contributed by atoms with E-state index >= 15 is 0 Å². The van der Waals surface area contributed by atoms with Gasteiger partial charge in [-0.15, -0.1) is 9.05 Å². The fourth-order valence-corrected chi connectivity index (χ4v) is 4.32. The Morgan fingerprint density at radius 2 is 1.25 bits per heavy atom. The van der Waals surface area contributed by atoms with E-state index in [0.29, 0.717) is 0 Å². The van der Waals surface area contributed by atoms with Crippen LogP contribution in [0.5, 0.6) is 0 Å². The Morgan fingerprint density at radius 1 is 0.833 bits per heavy atom. The molecule has 0 fully saturated rings. The SMILES string of the molecule is O=[P+](OC[S@@](=O)c1cccc(F)c1)OC[S@@](=O)c1cccc(F)c1. The zero-order chi connectivity index (χ0) is 17.5. The van der Waals surface area contributed by atoms with Crippen molar-refractivity contribution in [3.8, 4) is 0 Å². The van der Waals surface area contributed by atoms with Crippen LogP contribution < -0.4 is 0 Å². The highest BCUT2D eigenvalue weighted by molar-refractivity contribution is 7.85. The lowest BCUT2D eigenvalue weighted by atomic mass is 10.4. The van der Waals surface area contributed by atoms with Crippen molar-refractivity contribution in [1.82, 2.24) is 0 Å². The fourth-order valence-electron chi connectivity index (χ4n) is 1.57. The van der Waals surface area contributed by atoms with Gasteiger partial charge in [0.1, 0.15) is 11.6 Å². The van der Waals surface area contributed by atoms with Gasteiger partial charge in [-0.2, -0.15) is 0 Å². The molecule has 0 saturated carbocycles. The van der Waals surface area contributed by atoms with Crippen molar-refractivity contribution in [1.29, 1.82) is 0 Å². The topological polar surface area (TPSA) is 69.7 Å². The molecule has 2 aromatic rings. The van der Waals surface area contributed by atoms with Gasteiger partial charge >= 0.3 is 8.25 Å². The molecule has 128 valence electrons. The summed E-state index contributed by atoms with van der Waals surface area (Å²) in [7, 11) is -6.10. The van der Waals surface area contributed by atoms with Gasteiger partial charge in [-0.05, 0) is 36.4 Å². The fraction of sp³-hybridized carbons (Fsp3) is 0.143. The Bertz CT molecular complexity index is 724. The summed E-state index contributed by atoms with van der Waals surface area (Å²) in [5.74, 6) is -2.03. The first kappa shape index (κ1) is 19.0. The minimum Gasteiger partial charge on any atom is -0.252 e. The lowest BCUT2D eigenvalue weighted by Crippen LogP contribution is -2.02. The lowest BCUT2D eigenvalue weighted by Gasteiger charge is -1.99. The highest BCUT2D eigenvalue weighted by Crippen LogP contribution is 2.26. The number of hydrogen-bond donors (Lipinski definition) is 0. The highest BCUT2D eigenvalue weighted by atomic mass is 32.2. The van der Waals surface area contributed by atoms with Crippen LogP contribution in [0.25, 0.3) is 0 Å². The lowest BCUT2D eigenvalue weighted by molar-refractivity contribution is 0.280. The van der Waals surface area contributed by atoms with Gasteiger partial charge in [0.05, 0.1) is 21.6 Å². The third-order valence-corrected chi connectivity index (χ3v) is 5.90. The number of benzene rings is 2. The maximum absolute atomic E-state index is 13.0. The summed E-state index contributed by atoms with van der Waals surface area (Å²) in [6.07, 6.45) is 0. The van der Waals surface area contributed by atoms with Crippen molar-refractivity contribution in [2.75, 3.05) is 11.9 Å². The molecule has 24 heavy (non-hydrogen) atoms. The Labute approximate surface area is 142 Å². The van der Waals surface area contributed by atoms with E-state index in [2.05, 4.69) is 0 Å². The van der Waals surface area contributed by atoms with Crippen LogP contribution in [0.2, 0.25) is 0 Å². The third kappa shape index (κ3) is 5.92. The molecule has 0 saturated heterocycles. The molecule has 2 rings (SSSR count). The molecular formula is C14H12F2O5PS2+. The Hall–Kier alpha value is -1.38. The van der Waals surface area contributed by atoms with Crippen LogP contribution in [-0.4, -0.2) is 20.3 Å². The second-order valence-electron chi connectivity index (χ2n) is 4.32. The van der Waals surface area contributed by atoms with Crippen molar-refractivity contribution in [3.63, 3.8) is 0 Å². The summed E-state index contributed by atoms with van der Waals surface area (Å²) >= 11 is 0. The van der Waals surface area contributed by atoms with Gasteiger partial charge in [0.2, 0.25) is 0 Å². The average Bonchev–Trinajstić information content (AvgIpc) is 2.57. The average molecular weight is 393 g/mol. The molecule has 0 aliphatic carbocycles. The summed E-state index contributed by atoms with van der Waals surface area (Å²) < 4.78 is 70.7. The maximum Gasteiger partial charge on any atom is 0.699 e. The van der Waals surface area contributed by atoms with E-state index in [4.69, 9.17) is 9.05 Å². The molecule has 2 aromatic carbocycles. The van der Waals surface area contributed by atoms with Crippen molar-refractivity contribution in [2.45, 2.75) is 9.79 Å². The van der Waals surface area contributed by atoms with Crippen molar-refractivity contribution in [2.24, 2.45) is 0 Å². The van der Waals surface area contributed by atoms with Gasteiger partial charge in [0.25, 0.3) is 0 Å². The minimum absolute atomic E-state index is 0.182. The standard InChI is InChI=1S/C14H12F2O5PS2/c15-11-3-1-5-13(7-11)23(18)9-20-22(17)21-10-24(19)14-6-2-4-12(16)8-14/h1-8H,9-10H2/q+1/t23-,24-/m1/s1. The third-order valence-electron chi connectivity index (χ3n) is 2.65. The van der Waals surface area contributed by atoms with Gasteiger partial charge < -0.3 is 0 Å². The molecule has 5 nitrogen and oxygen atoms in total. The predicted molar refractivity (Wildman–Crippen MR) is 85.1 cm³/mol. The smallest absolute Gasteiger partial charge is 0.252 e. The maximum atomic E-state index is 13.0. The van der Waals surface area contributed by atoms with Gasteiger partial charge in [-0.25, -0.2) is 8.78 Å². The first-order valence-electron chi connectivity index (χ1n) is 6.46. The van der Waals surface area contributed by atoms with Gasteiger partial charge in [0.15, 0.2) is 11.9 Å². The largest absolute Gasteiger partial charge is 0.699 e. The highest BCUT2D eigenvalue weighted by Gasteiger charge is 2.24. The van der Waals surface area contributed by atoms with Crippen LogP contribution in [-0.2, 0) is 35.2 Å². The van der Waals surface area contributed by atoms with E-state index < -0.39 is 53.4 Å². The summed E-state index contributed by atoms with van der Waals surface area (Å²) in [5.41, 5.74) is 0. The van der Waals surface area contributed by atoms with Crippen LogP contribution in [0, 0.1) is 11.6 Å². The molecule has 0 radical (unpaired) electrons.